The molecular formula is C21H20N4O2. The molecule has 6 nitrogen and oxygen atoms in total. The lowest BCUT2D eigenvalue weighted by Gasteiger charge is -2.09. The molecule has 1 unspecified atom stereocenters. The van der Waals surface area contributed by atoms with Gasteiger partial charge in [-0.15, -0.1) is 0 Å². The monoisotopic (exact) mass is 360 g/mol. The fourth-order valence-corrected chi connectivity index (χ4v) is 3.14. The summed E-state index contributed by atoms with van der Waals surface area (Å²) in [5.41, 5.74) is 4.78. The fraction of sp³-hybridized carbons (Fsp3) is 0.143. The van der Waals surface area contributed by atoms with Crippen molar-refractivity contribution in [1.29, 1.82) is 0 Å². The standard InChI is InChI=1S/C21H20N4O2/c1-13(26)20-23-16-9-8-15(12-17(16)24-20)22-21(27)19-11-10-18(25(19)2)14-6-4-3-5-7-14/h3-13,26H,1-2H3,(H,22,27)(H,23,24). The molecule has 27 heavy (non-hydrogen) atoms. The molecule has 0 spiro atoms. The van der Waals surface area contributed by atoms with Crippen LogP contribution in [0.3, 0.4) is 0 Å². The number of H-pyrrole nitrogens is 1. The largest absolute Gasteiger partial charge is 0.385 e. The van der Waals surface area contributed by atoms with E-state index in [9.17, 15) is 9.90 Å². The summed E-state index contributed by atoms with van der Waals surface area (Å²) in [6, 6.07) is 19.1. The predicted octanol–water partition coefficient (Wildman–Crippen LogP) is 3.87. The van der Waals surface area contributed by atoms with Crippen molar-refractivity contribution in [3.63, 3.8) is 0 Å². The normalized spacial score (nSPS) is 12.3. The lowest BCUT2D eigenvalue weighted by Crippen LogP contribution is -2.15. The smallest absolute Gasteiger partial charge is 0.272 e. The van der Waals surface area contributed by atoms with Crippen LogP contribution in [0.2, 0.25) is 0 Å². The van der Waals surface area contributed by atoms with E-state index in [4.69, 9.17) is 0 Å². The molecule has 3 N–H and O–H groups in total. The van der Waals surface area contributed by atoms with E-state index in [-0.39, 0.29) is 5.91 Å². The number of anilines is 1. The van der Waals surface area contributed by atoms with E-state index >= 15 is 0 Å². The van der Waals surface area contributed by atoms with Crippen LogP contribution in [0.1, 0.15) is 29.3 Å². The van der Waals surface area contributed by atoms with Crippen molar-refractivity contribution in [2.45, 2.75) is 13.0 Å². The van der Waals surface area contributed by atoms with Crippen molar-refractivity contribution in [3.8, 4) is 11.3 Å². The van der Waals surface area contributed by atoms with Gasteiger partial charge in [-0.25, -0.2) is 4.98 Å². The third kappa shape index (κ3) is 3.22. The van der Waals surface area contributed by atoms with Crippen LogP contribution in [-0.2, 0) is 7.05 Å². The van der Waals surface area contributed by atoms with E-state index < -0.39 is 6.10 Å². The molecule has 0 fully saturated rings. The summed E-state index contributed by atoms with van der Waals surface area (Å²) < 4.78 is 1.88. The molecule has 1 atom stereocenters. The molecule has 1 amide bonds. The molecule has 0 radical (unpaired) electrons. The summed E-state index contributed by atoms with van der Waals surface area (Å²) in [6.07, 6.45) is -0.671. The molecule has 0 bridgehead atoms. The summed E-state index contributed by atoms with van der Waals surface area (Å²) in [6.45, 7) is 1.65. The molecule has 4 rings (SSSR count). The number of hydrogen-bond donors (Lipinski definition) is 3. The Morgan fingerprint density at radius 3 is 2.67 bits per heavy atom. The average molecular weight is 360 g/mol. The number of hydrogen-bond acceptors (Lipinski definition) is 3. The average Bonchev–Trinajstić information content (AvgIpc) is 3.25. The van der Waals surface area contributed by atoms with Crippen molar-refractivity contribution >= 4 is 22.6 Å². The Labute approximate surface area is 156 Å². The number of fused-ring (bicyclic) bond motifs is 1. The van der Waals surface area contributed by atoms with E-state index in [2.05, 4.69) is 15.3 Å². The number of imidazole rings is 1. The van der Waals surface area contributed by atoms with Gasteiger partial charge in [0.1, 0.15) is 17.6 Å². The van der Waals surface area contributed by atoms with Crippen LogP contribution >= 0.6 is 0 Å². The van der Waals surface area contributed by atoms with E-state index in [1.54, 1.807) is 13.0 Å². The van der Waals surface area contributed by atoms with Crippen molar-refractivity contribution in [1.82, 2.24) is 14.5 Å². The minimum Gasteiger partial charge on any atom is -0.385 e. The van der Waals surface area contributed by atoms with Crippen molar-refractivity contribution in [2.24, 2.45) is 7.05 Å². The summed E-state index contributed by atoms with van der Waals surface area (Å²) in [7, 11) is 1.88. The Morgan fingerprint density at radius 1 is 1.15 bits per heavy atom. The Bertz CT molecular complexity index is 1110. The van der Waals surface area contributed by atoms with Crippen LogP contribution in [0.4, 0.5) is 5.69 Å². The molecule has 0 aliphatic heterocycles. The first kappa shape index (κ1) is 17.1. The molecule has 0 saturated heterocycles. The highest BCUT2D eigenvalue weighted by Crippen LogP contribution is 2.23. The van der Waals surface area contributed by atoms with Gasteiger partial charge in [0.2, 0.25) is 0 Å². The number of aliphatic hydroxyl groups excluding tert-OH is 1. The number of aromatic amines is 1. The van der Waals surface area contributed by atoms with Gasteiger partial charge in [0.05, 0.1) is 11.0 Å². The quantitative estimate of drug-likeness (QED) is 0.516. The Kier molecular flexibility index (Phi) is 4.25. The number of rotatable bonds is 4. The van der Waals surface area contributed by atoms with Gasteiger partial charge in [0.25, 0.3) is 5.91 Å². The number of aromatic nitrogens is 3. The number of nitrogens with one attached hydrogen (secondary N) is 2. The molecule has 2 aromatic carbocycles. The van der Waals surface area contributed by atoms with Crippen LogP contribution in [0.15, 0.2) is 60.7 Å². The lowest BCUT2D eigenvalue weighted by molar-refractivity contribution is 0.101. The first-order valence-corrected chi connectivity index (χ1v) is 8.73. The van der Waals surface area contributed by atoms with E-state index in [1.165, 1.54) is 0 Å². The molecule has 0 aliphatic rings. The molecule has 0 aliphatic carbocycles. The highest BCUT2D eigenvalue weighted by atomic mass is 16.3. The fourth-order valence-electron chi connectivity index (χ4n) is 3.14. The number of carbonyl (C=O) groups is 1. The van der Waals surface area contributed by atoms with Crippen LogP contribution in [-0.4, -0.2) is 25.5 Å². The minimum atomic E-state index is -0.671. The molecule has 4 aromatic rings. The van der Waals surface area contributed by atoms with Crippen molar-refractivity contribution in [3.05, 3.63) is 72.2 Å². The molecular weight excluding hydrogens is 340 g/mol. The van der Waals surface area contributed by atoms with Gasteiger partial charge in [-0.05, 0) is 42.8 Å². The van der Waals surface area contributed by atoms with Gasteiger partial charge >= 0.3 is 0 Å². The zero-order valence-corrected chi connectivity index (χ0v) is 15.1. The highest BCUT2D eigenvalue weighted by molar-refractivity contribution is 6.04. The van der Waals surface area contributed by atoms with E-state index in [0.29, 0.717) is 17.2 Å². The second-order valence-electron chi connectivity index (χ2n) is 6.51. The van der Waals surface area contributed by atoms with Crippen molar-refractivity contribution in [2.75, 3.05) is 5.32 Å². The number of benzene rings is 2. The first-order valence-electron chi connectivity index (χ1n) is 8.73. The zero-order chi connectivity index (χ0) is 19.0. The number of nitrogens with zero attached hydrogens (tertiary/aromatic N) is 2. The first-order chi connectivity index (χ1) is 13.0. The molecule has 136 valence electrons. The highest BCUT2D eigenvalue weighted by Gasteiger charge is 2.14. The SMILES string of the molecule is CC(O)c1nc2ccc(NC(=O)c3ccc(-c4ccccc4)n3C)cc2[nH]1. The van der Waals surface area contributed by atoms with Gasteiger partial charge in [-0.3, -0.25) is 4.79 Å². The summed E-state index contributed by atoms with van der Waals surface area (Å²) >= 11 is 0. The Hall–Kier alpha value is -3.38. The molecule has 2 heterocycles. The zero-order valence-electron chi connectivity index (χ0n) is 15.1. The summed E-state index contributed by atoms with van der Waals surface area (Å²) in [5, 5.41) is 12.6. The lowest BCUT2D eigenvalue weighted by atomic mass is 10.2. The third-order valence-electron chi connectivity index (χ3n) is 4.58. The number of carbonyl (C=O) groups excluding carboxylic acids is 1. The van der Waals surface area contributed by atoms with E-state index in [0.717, 1.165) is 22.3 Å². The van der Waals surface area contributed by atoms with Crippen LogP contribution in [0.25, 0.3) is 22.3 Å². The van der Waals surface area contributed by atoms with E-state index in [1.807, 2.05) is 66.2 Å². The second kappa shape index (κ2) is 6.74. The van der Waals surface area contributed by atoms with Gasteiger partial charge in [0, 0.05) is 18.4 Å². The number of aliphatic hydroxyl groups is 1. The van der Waals surface area contributed by atoms with Crippen LogP contribution in [0, 0.1) is 0 Å². The second-order valence-corrected chi connectivity index (χ2v) is 6.51. The minimum absolute atomic E-state index is 0.186. The Morgan fingerprint density at radius 2 is 1.93 bits per heavy atom. The van der Waals surface area contributed by atoms with Crippen molar-refractivity contribution < 1.29 is 9.90 Å². The topological polar surface area (TPSA) is 82.9 Å². The maximum absolute atomic E-state index is 12.7. The summed E-state index contributed by atoms with van der Waals surface area (Å²) in [5.74, 6) is 0.317. The maximum Gasteiger partial charge on any atom is 0.272 e. The van der Waals surface area contributed by atoms with Crippen LogP contribution in [0.5, 0.6) is 0 Å². The predicted molar refractivity (Wildman–Crippen MR) is 106 cm³/mol. The molecule has 6 heteroatoms. The Balaban J connectivity index is 1.59. The van der Waals surface area contributed by atoms with Crippen LogP contribution < -0.4 is 5.32 Å². The summed E-state index contributed by atoms with van der Waals surface area (Å²) in [4.78, 5) is 20.1. The molecule has 0 saturated carbocycles. The maximum atomic E-state index is 12.7. The van der Waals surface area contributed by atoms with Gasteiger partial charge in [0.15, 0.2) is 0 Å². The third-order valence-corrected chi connectivity index (χ3v) is 4.58. The molecule has 2 aromatic heterocycles. The van der Waals surface area contributed by atoms with Gasteiger partial charge < -0.3 is 20.0 Å². The number of amides is 1. The van der Waals surface area contributed by atoms with Gasteiger partial charge in [-0.1, -0.05) is 30.3 Å². The van der Waals surface area contributed by atoms with Gasteiger partial charge in [-0.2, -0.15) is 0 Å².